The smallest absolute Gasteiger partial charge is 0.335 e. The van der Waals surface area contributed by atoms with Crippen LogP contribution in [0.15, 0.2) is 12.2 Å². The van der Waals surface area contributed by atoms with Crippen LogP contribution in [0.3, 0.4) is 0 Å². The molecule has 0 heterocycles. The van der Waals surface area contributed by atoms with E-state index in [-0.39, 0.29) is 5.57 Å². The summed E-state index contributed by atoms with van der Waals surface area (Å²) in [5.74, 6) is -0.726. The SMILES string of the molecule is C=C(C)C(=O)OC(O)[PH2]=O. The zero-order valence-electron chi connectivity index (χ0n) is 5.53. The van der Waals surface area contributed by atoms with Crippen molar-refractivity contribution in [1.29, 1.82) is 0 Å². The average molecular weight is 164 g/mol. The van der Waals surface area contributed by atoms with Gasteiger partial charge in [-0.15, -0.1) is 0 Å². The molecule has 0 aromatic carbocycles. The van der Waals surface area contributed by atoms with Crippen LogP contribution in [0.5, 0.6) is 0 Å². The normalized spacial score (nSPS) is 13.4. The lowest BCUT2D eigenvalue weighted by atomic mass is 10.4. The summed E-state index contributed by atoms with van der Waals surface area (Å²) >= 11 is 0. The number of hydrogen-bond donors (Lipinski definition) is 1. The molecule has 5 heteroatoms. The Kier molecular flexibility index (Phi) is 4.00. The highest BCUT2D eigenvalue weighted by Gasteiger charge is 2.08. The number of aliphatic hydroxyl groups is 1. The standard InChI is InChI=1S/C5H9O4P/c1-3(2)4(6)9-5(7)10-8/h5,7H,1,10H2,2H3. The summed E-state index contributed by atoms with van der Waals surface area (Å²) in [5, 5.41) is 8.52. The van der Waals surface area contributed by atoms with Crippen LogP contribution in [-0.4, -0.2) is 17.1 Å². The Balaban J connectivity index is 3.79. The summed E-state index contributed by atoms with van der Waals surface area (Å²) in [4.78, 5) is 10.5. The molecule has 0 rings (SSSR count). The summed E-state index contributed by atoms with van der Waals surface area (Å²) < 4.78 is 14.1. The maximum absolute atomic E-state index is 10.5. The molecule has 58 valence electrons. The first-order valence-electron chi connectivity index (χ1n) is 2.57. The van der Waals surface area contributed by atoms with Crippen molar-refractivity contribution in [2.75, 3.05) is 0 Å². The van der Waals surface area contributed by atoms with Crippen LogP contribution in [0.25, 0.3) is 0 Å². The molecule has 10 heavy (non-hydrogen) atoms. The van der Waals surface area contributed by atoms with Crippen molar-refractivity contribution in [3.63, 3.8) is 0 Å². The predicted octanol–water partition coefficient (Wildman–Crippen LogP) is 0.138. The fraction of sp³-hybridized carbons (Fsp3) is 0.400. The summed E-state index contributed by atoms with van der Waals surface area (Å²) in [6.07, 6.45) is 0. The summed E-state index contributed by atoms with van der Waals surface area (Å²) in [6.45, 7) is 4.70. The number of aliphatic hydroxyl groups excluding tert-OH is 1. The molecule has 0 spiro atoms. The van der Waals surface area contributed by atoms with Gasteiger partial charge in [0.25, 0.3) is 0 Å². The second-order valence-corrected chi connectivity index (χ2v) is 2.55. The molecular weight excluding hydrogens is 155 g/mol. The Morgan fingerprint density at radius 3 is 2.60 bits per heavy atom. The Bertz CT molecular complexity index is 165. The van der Waals surface area contributed by atoms with E-state index in [9.17, 15) is 9.36 Å². The van der Waals surface area contributed by atoms with Gasteiger partial charge in [-0.05, 0) is 6.92 Å². The quantitative estimate of drug-likeness (QED) is 0.279. The number of ether oxygens (including phenoxy) is 1. The van der Waals surface area contributed by atoms with E-state index in [1.54, 1.807) is 0 Å². The van der Waals surface area contributed by atoms with Gasteiger partial charge in [-0.3, -0.25) is 0 Å². The zero-order valence-corrected chi connectivity index (χ0v) is 6.69. The molecule has 0 saturated heterocycles. The number of esters is 1. The lowest BCUT2D eigenvalue weighted by Gasteiger charge is -2.04. The largest absolute Gasteiger partial charge is 0.426 e. The highest BCUT2D eigenvalue weighted by Crippen LogP contribution is 2.05. The lowest BCUT2D eigenvalue weighted by molar-refractivity contribution is -0.151. The fourth-order valence-electron chi connectivity index (χ4n) is 0.238. The Morgan fingerprint density at radius 2 is 2.30 bits per heavy atom. The molecule has 0 saturated carbocycles. The second kappa shape index (κ2) is 4.25. The average Bonchev–Trinajstić information content (AvgIpc) is 1.87. The highest BCUT2D eigenvalue weighted by atomic mass is 31.1. The van der Waals surface area contributed by atoms with Gasteiger partial charge in [0.05, 0.1) is 0 Å². The van der Waals surface area contributed by atoms with Gasteiger partial charge in [0.2, 0.25) is 6.03 Å². The molecule has 0 aliphatic carbocycles. The van der Waals surface area contributed by atoms with Gasteiger partial charge >= 0.3 is 5.97 Å². The third-order valence-electron chi connectivity index (χ3n) is 0.693. The molecule has 0 radical (unpaired) electrons. The number of hydrogen-bond acceptors (Lipinski definition) is 4. The van der Waals surface area contributed by atoms with Crippen molar-refractivity contribution in [1.82, 2.24) is 0 Å². The predicted molar refractivity (Wildman–Crippen MR) is 37.3 cm³/mol. The molecule has 2 unspecified atom stereocenters. The maximum atomic E-state index is 10.5. The number of carbonyl (C=O) groups is 1. The van der Waals surface area contributed by atoms with E-state index in [4.69, 9.17) is 5.11 Å². The van der Waals surface area contributed by atoms with Crippen molar-refractivity contribution in [3.8, 4) is 0 Å². The molecule has 0 aliphatic rings. The van der Waals surface area contributed by atoms with Gasteiger partial charge < -0.3 is 14.4 Å². The van der Waals surface area contributed by atoms with E-state index in [1.807, 2.05) is 0 Å². The van der Waals surface area contributed by atoms with Crippen LogP contribution >= 0.6 is 8.46 Å². The molecule has 0 aliphatic heterocycles. The first kappa shape index (κ1) is 9.40. The maximum Gasteiger partial charge on any atom is 0.335 e. The molecule has 4 nitrogen and oxygen atoms in total. The molecule has 0 bridgehead atoms. The van der Waals surface area contributed by atoms with Crippen LogP contribution in [0, 0.1) is 0 Å². The molecular formula is C5H9O4P. The first-order chi connectivity index (χ1) is 4.57. The van der Waals surface area contributed by atoms with Crippen LogP contribution in [0.1, 0.15) is 6.92 Å². The monoisotopic (exact) mass is 164 g/mol. The van der Waals surface area contributed by atoms with Crippen LogP contribution < -0.4 is 0 Å². The highest BCUT2D eigenvalue weighted by molar-refractivity contribution is 7.24. The van der Waals surface area contributed by atoms with E-state index < -0.39 is 20.5 Å². The van der Waals surface area contributed by atoms with Crippen LogP contribution in [-0.2, 0) is 14.1 Å². The van der Waals surface area contributed by atoms with Gasteiger partial charge in [-0.2, -0.15) is 0 Å². The topological polar surface area (TPSA) is 63.6 Å². The second-order valence-electron chi connectivity index (χ2n) is 1.71. The Hall–Kier alpha value is -0.600. The third kappa shape index (κ3) is 3.43. The van der Waals surface area contributed by atoms with Gasteiger partial charge in [-0.1, -0.05) is 6.58 Å². The van der Waals surface area contributed by atoms with E-state index >= 15 is 0 Å². The van der Waals surface area contributed by atoms with Crippen molar-refractivity contribution >= 4 is 14.4 Å². The fourth-order valence-corrected chi connectivity index (χ4v) is 0.417. The summed E-state index contributed by atoms with van der Waals surface area (Å²) in [5.41, 5.74) is 0.173. The lowest BCUT2D eigenvalue weighted by Crippen LogP contribution is -2.11. The van der Waals surface area contributed by atoms with Crippen molar-refractivity contribution in [3.05, 3.63) is 12.2 Å². The van der Waals surface area contributed by atoms with E-state index in [0.717, 1.165) is 0 Å². The third-order valence-corrected chi connectivity index (χ3v) is 1.06. The Morgan fingerprint density at radius 1 is 1.80 bits per heavy atom. The van der Waals surface area contributed by atoms with Crippen LogP contribution in [0.2, 0.25) is 0 Å². The summed E-state index contributed by atoms with van der Waals surface area (Å²) in [6, 6.07) is -1.47. The molecule has 1 N–H and O–H groups in total. The number of carbonyl (C=O) groups excluding carboxylic acids is 1. The molecule has 0 amide bonds. The Labute approximate surface area is 59.7 Å². The molecule has 0 fully saturated rings. The minimum absolute atomic E-state index is 0.173. The van der Waals surface area contributed by atoms with Crippen molar-refractivity contribution in [2.24, 2.45) is 0 Å². The van der Waals surface area contributed by atoms with Gasteiger partial charge in [0.15, 0.2) is 0 Å². The first-order valence-corrected chi connectivity index (χ1v) is 3.71. The minimum Gasteiger partial charge on any atom is -0.426 e. The summed E-state index contributed by atoms with van der Waals surface area (Å²) in [7, 11) is -1.49. The molecule has 0 aromatic rings. The van der Waals surface area contributed by atoms with Gasteiger partial charge in [0.1, 0.15) is 8.46 Å². The van der Waals surface area contributed by atoms with E-state index in [1.165, 1.54) is 6.92 Å². The molecule has 2 atom stereocenters. The van der Waals surface area contributed by atoms with E-state index in [2.05, 4.69) is 11.3 Å². The van der Waals surface area contributed by atoms with E-state index in [0.29, 0.717) is 0 Å². The minimum atomic E-state index is -1.49. The van der Waals surface area contributed by atoms with Crippen molar-refractivity contribution in [2.45, 2.75) is 13.0 Å². The van der Waals surface area contributed by atoms with Crippen molar-refractivity contribution < 1.29 is 19.2 Å². The number of rotatable bonds is 3. The molecule has 0 aromatic heterocycles. The van der Waals surface area contributed by atoms with Crippen LogP contribution in [0.4, 0.5) is 0 Å². The zero-order chi connectivity index (χ0) is 8.15. The van der Waals surface area contributed by atoms with Gasteiger partial charge in [-0.25, -0.2) is 4.79 Å². The van der Waals surface area contributed by atoms with Gasteiger partial charge in [0, 0.05) is 5.57 Å².